The SMILES string of the molecule is CN(C)C(=S)Sc1nc(Cl)c(C(F)(F)F)c(SC(=S)N(C)C)c1Cl. The summed E-state index contributed by atoms with van der Waals surface area (Å²) in [7, 11) is 6.64. The zero-order chi connectivity index (χ0) is 18.8. The van der Waals surface area contributed by atoms with Gasteiger partial charge in [-0.25, -0.2) is 4.98 Å². The van der Waals surface area contributed by atoms with Crippen LogP contribution in [0.4, 0.5) is 13.2 Å². The molecule has 3 nitrogen and oxygen atoms in total. The molecule has 1 rings (SSSR count). The molecule has 0 fully saturated rings. The molecule has 1 aromatic heterocycles. The molecule has 0 radical (unpaired) electrons. The van der Waals surface area contributed by atoms with Crippen molar-refractivity contribution >= 4 is 79.8 Å². The summed E-state index contributed by atoms with van der Waals surface area (Å²) in [5.74, 6) is 0. The molecule has 12 heteroatoms. The van der Waals surface area contributed by atoms with Gasteiger partial charge < -0.3 is 9.80 Å². The Bertz CT molecular complexity index is 666. The molecule has 0 unspecified atom stereocenters. The number of rotatable bonds is 2. The highest BCUT2D eigenvalue weighted by Gasteiger charge is 2.39. The van der Waals surface area contributed by atoms with Gasteiger partial charge in [0.1, 0.15) is 24.4 Å². The van der Waals surface area contributed by atoms with Crippen molar-refractivity contribution in [3.63, 3.8) is 0 Å². The van der Waals surface area contributed by atoms with E-state index in [0.29, 0.717) is 16.1 Å². The summed E-state index contributed by atoms with van der Waals surface area (Å²) in [6, 6.07) is 0. The Morgan fingerprint density at radius 2 is 1.46 bits per heavy atom. The van der Waals surface area contributed by atoms with Crippen LogP contribution in [-0.4, -0.2) is 51.6 Å². The predicted molar refractivity (Wildman–Crippen MR) is 104 cm³/mol. The van der Waals surface area contributed by atoms with E-state index in [1.165, 1.54) is 4.90 Å². The van der Waals surface area contributed by atoms with Gasteiger partial charge in [-0.15, -0.1) is 0 Å². The molecule has 0 aliphatic heterocycles. The van der Waals surface area contributed by atoms with Crippen LogP contribution in [0, 0.1) is 0 Å². The van der Waals surface area contributed by atoms with Crippen LogP contribution in [0.15, 0.2) is 9.92 Å². The molecule has 134 valence electrons. The lowest BCUT2D eigenvalue weighted by Gasteiger charge is -2.20. The molecule has 0 bridgehead atoms. The van der Waals surface area contributed by atoms with E-state index in [0.717, 1.165) is 11.8 Å². The maximum absolute atomic E-state index is 13.4. The Kier molecular flexibility index (Phi) is 7.89. The van der Waals surface area contributed by atoms with Crippen LogP contribution in [0.3, 0.4) is 0 Å². The highest BCUT2D eigenvalue weighted by Crippen LogP contribution is 2.47. The largest absolute Gasteiger partial charge is 0.420 e. The van der Waals surface area contributed by atoms with Crippen LogP contribution < -0.4 is 0 Å². The number of pyridine rings is 1. The van der Waals surface area contributed by atoms with Gasteiger partial charge >= 0.3 is 6.18 Å². The first-order valence-electron chi connectivity index (χ1n) is 6.10. The number of hydrogen-bond donors (Lipinski definition) is 0. The molecule has 1 heterocycles. The second kappa shape index (κ2) is 8.59. The minimum absolute atomic E-state index is 0.0948. The van der Waals surface area contributed by atoms with E-state index in [9.17, 15) is 13.2 Å². The molecule has 0 spiro atoms. The Morgan fingerprint density at radius 1 is 1.00 bits per heavy atom. The summed E-state index contributed by atoms with van der Waals surface area (Å²) in [6.45, 7) is 0. The van der Waals surface area contributed by atoms with Crippen LogP contribution in [0.1, 0.15) is 5.56 Å². The lowest BCUT2D eigenvalue weighted by atomic mass is 10.3. The van der Waals surface area contributed by atoms with Gasteiger partial charge in [0.25, 0.3) is 0 Å². The van der Waals surface area contributed by atoms with Crippen molar-refractivity contribution in [3.8, 4) is 0 Å². The molecule has 0 amide bonds. The van der Waals surface area contributed by atoms with Crippen molar-refractivity contribution in [2.75, 3.05) is 28.2 Å². The number of nitrogens with zero attached hydrogens (tertiary/aromatic N) is 3. The molecular formula is C12H12Cl2F3N3S4. The van der Waals surface area contributed by atoms with Crippen molar-refractivity contribution in [1.29, 1.82) is 0 Å². The minimum atomic E-state index is -4.72. The quantitative estimate of drug-likeness (QED) is 0.340. The predicted octanol–water partition coefficient (Wildman–Crippen LogP) is 5.28. The first-order chi connectivity index (χ1) is 10.9. The fraction of sp³-hybridized carbons (Fsp3) is 0.417. The average Bonchev–Trinajstić information content (AvgIpc) is 2.41. The van der Waals surface area contributed by atoms with E-state index < -0.39 is 16.9 Å². The highest BCUT2D eigenvalue weighted by molar-refractivity contribution is 8.23. The number of aromatic nitrogens is 1. The molecule has 0 N–H and O–H groups in total. The van der Waals surface area contributed by atoms with Gasteiger partial charge in [-0.05, 0) is 11.8 Å². The Labute approximate surface area is 167 Å². The average molecular weight is 454 g/mol. The van der Waals surface area contributed by atoms with Gasteiger partial charge in [0, 0.05) is 28.2 Å². The lowest BCUT2D eigenvalue weighted by Crippen LogP contribution is -2.18. The van der Waals surface area contributed by atoms with Gasteiger partial charge in [0.15, 0.2) is 0 Å². The van der Waals surface area contributed by atoms with Crippen LogP contribution in [0.2, 0.25) is 10.2 Å². The third-order valence-corrected chi connectivity index (χ3v) is 6.68. The standard InChI is InChI=1S/C12H12Cl2F3N3S4/c1-19(2)10(21)23-7-5(12(15,16)17)8(14)18-9(6(7)13)24-11(22)20(3)4/h1-4H3. The van der Waals surface area contributed by atoms with E-state index in [2.05, 4.69) is 4.98 Å². The molecule has 0 aromatic carbocycles. The topological polar surface area (TPSA) is 19.4 Å². The lowest BCUT2D eigenvalue weighted by molar-refractivity contribution is -0.139. The summed E-state index contributed by atoms with van der Waals surface area (Å²) in [6.07, 6.45) is -4.72. The number of alkyl halides is 3. The van der Waals surface area contributed by atoms with Gasteiger partial charge in [-0.3, -0.25) is 0 Å². The Morgan fingerprint density at radius 3 is 1.88 bits per heavy atom. The first-order valence-corrected chi connectivity index (χ1v) is 9.31. The molecule has 24 heavy (non-hydrogen) atoms. The van der Waals surface area contributed by atoms with Crippen molar-refractivity contribution < 1.29 is 13.2 Å². The van der Waals surface area contributed by atoms with Gasteiger partial charge in [0.2, 0.25) is 0 Å². The molecular weight excluding hydrogens is 442 g/mol. The fourth-order valence-electron chi connectivity index (χ4n) is 1.26. The van der Waals surface area contributed by atoms with E-state index in [1.54, 1.807) is 33.1 Å². The van der Waals surface area contributed by atoms with Gasteiger partial charge in [-0.2, -0.15) is 13.2 Å². The normalized spacial score (nSPS) is 11.4. The van der Waals surface area contributed by atoms with Gasteiger partial charge in [-0.1, -0.05) is 59.4 Å². The zero-order valence-electron chi connectivity index (χ0n) is 12.9. The Hall–Kier alpha value is -0.000000000000000167. The van der Waals surface area contributed by atoms with Crippen LogP contribution in [0.5, 0.6) is 0 Å². The van der Waals surface area contributed by atoms with Crippen molar-refractivity contribution in [2.24, 2.45) is 0 Å². The maximum atomic E-state index is 13.4. The van der Waals surface area contributed by atoms with Crippen molar-refractivity contribution in [2.45, 2.75) is 16.1 Å². The van der Waals surface area contributed by atoms with Crippen LogP contribution in [-0.2, 0) is 6.18 Å². The number of thiocarbonyl (C=S) groups is 2. The Balaban J connectivity index is 3.51. The van der Waals surface area contributed by atoms with Crippen molar-refractivity contribution in [1.82, 2.24) is 14.8 Å². The summed E-state index contributed by atoms with van der Waals surface area (Å²) in [5.41, 5.74) is -1.11. The van der Waals surface area contributed by atoms with E-state index >= 15 is 0 Å². The third kappa shape index (κ3) is 5.50. The summed E-state index contributed by atoms with van der Waals surface area (Å²) >= 11 is 23.8. The molecule has 0 saturated carbocycles. The summed E-state index contributed by atoms with van der Waals surface area (Å²) in [4.78, 5) is 6.60. The maximum Gasteiger partial charge on any atom is 0.420 e. The molecule has 0 aliphatic carbocycles. The summed E-state index contributed by atoms with van der Waals surface area (Å²) in [5, 5.41) is -0.785. The first kappa shape index (κ1) is 22.0. The number of hydrogen-bond acceptors (Lipinski definition) is 5. The van der Waals surface area contributed by atoms with Crippen molar-refractivity contribution in [3.05, 3.63) is 15.7 Å². The smallest absolute Gasteiger partial charge is 0.363 e. The number of halogens is 5. The van der Waals surface area contributed by atoms with Crippen LogP contribution in [0.25, 0.3) is 0 Å². The number of thioether (sulfide) groups is 2. The second-order valence-electron chi connectivity index (χ2n) is 4.75. The minimum Gasteiger partial charge on any atom is -0.363 e. The molecule has 0 aliphatic rings. The third-order valence-electron chi connectivity index (χ3n) is 2.41. The zero-order valence-corrected chi connectivity index (χ0v) is 17.6. The summed E-state index contributed by atoms with van der Waals surface area (Å²) < 4.78 is 40.7. The van der Waals surface area contributed by atoms with E-state index in [1.807, 2.05) is 0 Å². The molecule has 0 atom stereocenters. The second-order valence-corrected chi connectivity index (χ2v) is 8.75. The highest BCUT2D eigenvalue weighted by atomic mass is 35.5. The van der Waals surface area contributed by atoms with E-state index in [-0.39, 0.29) is 19.3 Å². The monoisotopic (exact) mass is 453 g/mol. The van der Waals surface area contributed by atoms with Crippen LogP contribution >= 0.6 is 71.2 Å². The fourth-order valence-corrected chi connectivity index (χ4v) is 4.10. The molecule has 0 saturated heterocycles. The van der Waals surface area contributed by atoms with Gasteiger partial charge in [0.05, 0.1) is 9.92 Å². The molecule has 1 aromatic rings. The van der Waals surface area contributed by atoms with E-state index in [4.69, 9.17) is 47.6 Å².